The summed E-state index contributed by atoms with van der Waals surface area (Å²) >= 11 is 0. The maximum atomic E-state index is 12.9. The predicted octanol–water partition coefficient (Wildman–Crippen LogP) is 3.89. The van der Waals surface area contributed by atoms with Crippen molar-refractivity contribution in [3.8, 4) is 11.3 Å². The summed E-state index contributed by atoms with van der Waals surface area (Å²) < 4.78 is 14.6. The Morgan fingerprint density at radius 1 is 1.07 bits per heavy atom. The molecule has 0 saturated carbocycles. The molecule has 0 aliphatic rings. The van der Waals surface area contributed by atoms with Gasteiger partial charge in [-0.1, -0.05) is 24.3 Å². The van der Waals surface area contributed by atoms with E-state index < -0.39 is 0 Å². The van der Waals surface area contributed by atoms with Gasteiger partial charge in [-0.15, -0.1) is 10.2 Å². The van der Waals surface area contributed by atoms with Gasteiger partial charge in [-0.3, -0.25) is 4.79 Å². The minimum absolute atomic E-state index is 0.278. The van der Waals surface area contributed by atoms with Crippen molar-refractivity contribution in [2.75, 3.05) is 5.32 Å². The highest BCUT2D eigenvalue weighted by molar-refractivity contribution is 6.02. The van der Waals surface area contributed by atoms with Gasteiger partial charge in [0.2, 0.25) is 5.91 Å². The Morgan fingerprint density at radius 2 is 1.89 bits per heavy atom. The summed E-state index contributed by atoms with van der Waals surface area (Å²) in [4.78, 5) is 12.2. The molecule has 28 heavy (non-hydrogen) atoms. The summed E-state index contributed by atoms with van der Waals surface area (Å²) in [5, 5.41) is 15.4. The van der Waals surface area contributed by atoms with Gasteiger partial charge in [0, 0.05) is 17.3 Å². The van der Waals surface area contributed by atoms with Gasteiger partial charge in [0.05, 0.1) is 5.69 Å². The average molecular weight is 373 g/mol. The molecule has 0 radical (unpaired) electrons. The van der Waals surface area contributed by atoms with E-state index in [-0.39, 0.29) is 11.7 Å². The van der Waals surface area contributed by atoms with Crippen molar-refractivity contribution in [1.82, 2.24) is 19.8 Å². The van der Waals surface area contributed by atoms with Crippen LogP contribution in [0.2, 0.25) is 0 Å². The fourth-order valence-corrected chi connectivity index (χ4v) is 2.74. The molecule has 0 saturated heterocycles. The number of nitrogens with zero attached hydrogens (tertiary/aromatic N) is 4. The van der Waals surface area contributed by atoms with E-state index in [2.05, 4.69) is 20.6 Å². The SMILES string of the molecule is Cc1nnc2ccc(-c3cccc(NC(=O)/C=C/c4ccc(F)cc4)c3)nn12. The van der Waals surface area contributed by atoms with E-state index in [0.717, 1.165) is 16.8 Å². The first-order valence-electron chi connectivity index (χ1n) is 8.63. The molecule has 0 aliphatic carbocycles. The first-order chi connectivity index (χ1) is 13.6. The third-order valence-electron chi connectivity index (χ3n) is 4.14. The molecule has 1 N–H and O–H groups in total. The van der Waals surface area contributed by atoms with Crippen molar-refractivity contribution in [1.29, 1.82) is 0 Å². The minimum Gasteiger partial charge on any atom is -0.322 e. The zero-order valence-corrected chi connectivity index (χ0v) is 15.0. The van der Waals surface area contributed by atoms with E-state index in [1.54, 1.807) is 28.8 Å². The Morgan fingerprint density at radius 3 is 2.71 bits per heavy atom. The lowest BCUT2D eigenvalue weighted by atomic mass is 10.1. The van der Waals surface area contributed by atoms with Gasteiger partial charge in [0.25, 0.3) is 0 Å². The molecule has 0 fully saturated rings. The molecule has 4 aromatic rings. The molecule has 7 heteroatoms. The molecule has 2 aromatic heterocycles. The number of hydrogen-bond donors (Lipinski definition) is 1. The Balaban J connectivity index is 1.52. The molecule has 0 bridgehead atoms. The number of aryl methyl sites for hydroxylation is 1. The number of amides is 1. The summed E-state index contributed by atoms with van der Waals surface area (Å²) in [6, 6.07) is 17.0. The van der Waals surface area contributed by atoms with E-state index >= 15 is 0 Å². The highest BCUT2D eigenvalue weighted by Gasteiger charge is 2.07. The molecule has 4 rings (SSSR count). The van der Waals surface area contributed by atoms with Crippen LogP contribution in [0.25, 0.3) is 23.0 Å². The fourth-order valence-electron chi connectivity index (χ4n) is 2.74. The van der Waals surface area contributed by atoms with Crippen LogP contribution in [0.1, 0.15) is 11.4 Å². The molecular formula is C21H16FN5O. The van der Waals surface area contributed by atoms with Crippen LogP contribution in [-0.2, 0) is 4.79 Å². The summed E-state index contributed by atoms with van der Waals surface area (Å²) in [5.41, 5.74) is 3.67. The van der Waals surface area contributed by atoms with Gasteiger partial charge in [-0.05, 0) is 55.0 Å². The molecule has 0 unspecified atom stereocenters. The Kier molecular flexibility index (Phi) is 4.63. The van der Waals surface area contributed by atoms with Crippen molar-refractivity contribution in [3.05, 3.63) is 83.9 Å². The van der Waals surface area contributed by atoms with Crippen LogP contribution in [0.15, 0.2) is 66.7 Å². The summed E-state index contributed by atoms with van der Waals surface area (Å²) in [6.07, 6.45) is 3.04. The fraction of sp³-hybridized carbons (Fsp3) is 0.0476. The molecule has 0 aliphatic heterocycles. The van der Waals surface area contributed by atoms with Crippen LogP contribution >= 0.6 is 0 Å². The highest BCUT2D eigenvalue weighted by atomic mass is 19.1. The van der Waals surface area contributed by atoms with Crippen LogP contribution in [0.5, 0.6) is 0 Å². The summed E-state index contributed by atoms with van der Waals surface area (Å²) in [7, 11) is 0. The van der Waals surface area contributed by atoms with Gasteiger partial charge in [0.1, 0.15) is 5.82 Å². The third-order valence-corrected chi connectivity index (χ3v) is 4.14. The highest BCUT2D eigenvalue weighted by Crippen LogP contribution is 2.21. The number of anilines is 1. The molecule has 0 atom stereocenters. The van der Waals surface area contributed by atoms with E-state index in [9.17, 15) is 9.18 Å². The van der Waals surface area contributed by atoms with Crippen LogP contribution < -0.4 is 5.32 Å². The second kappa shape index (κ2) is 7.40. The normalized spacial score (nSPS) is 11.2. The average Bonchev–Trinajstić information content (AvgIpc) is 3.08. The third kappa shape index (κ3) is 3.78. The van der Waals surface area contributed by atoms with E-state index in [1.165, 1.54) is 18.2 Å². The van der Waals surface area contributed by atoms with Crippen molar-refractivity contribution in [2.24, 2.45) is 0 Å². The number of halogens is 1. The Labute approximate surface area is 160 Å². The standard InChI is InChI=1S/C21H16FN5O/c1-14-24-25-20-11-10-19(26-27(14)20)16-3-2-4-18(13-16)23-21(28)12-7-15-5-8-17(22)9-6-15/h2-13H,1H3,(H,23,28)/b12-7+. The molecule has 138 valence electrons. The van der Waals surface area contributed by atoms with Crippen LogP contribution in [-0.4, -0.2) is 25.7 Å². The lowest BCUT2D eigenvalue weighted by Crippen LogP contribution is -2.07. The van der Waals surface area contributed by atoms with Crippen molar-refractivity contribution >= 4 is 23.3 Å². The Bertz CT molecular complexity index is 1180. The van der Waals surface area contributed by atoms with Gasteiger partial charge >= 0.3 is 0 Å². The predicted molar refractivity (Wildman–Crippen MR) is 105 cm³/mol. The largest absolute Gasteiger partial charge is 0.322 e. The van der Waals surface area contributed by atoms with E-state index in [4.69, 9.17) is 0 Å². The molecule has 2 heterocycles. The second-order valence-corrected chi connectivity index (χ2v) is 6.19. The zero-order valence-electron chi connectivity index (χ0n) is 15.0. The maximum Gasteiger partial charge on any atom is 0.248 e. The Hall–Kier alpha value is -3.87. The van der Waals surface area contributed by atoms with E-state index in [0.29, 0.717) is 17.2 Å². The number of nitrogens with one attached hydrogen (secondary N) is 1. The summed E-state index contributed by atoms with van der Waals surface area (Å²) in [6.45, 7) is 1.83. The monoisotopic (exact) mass is 373 g/mol. The van der Waals surface area contributed by atoms with E-state index in [1.807, 2.05) is 37.3 Å². The van der Waals surface area contributed by atoms with Crippen LogP contribution in [0.3, 0.4) is 0 Å². The number of carbonyl (C=O) groups is 1. The number of rotatable bonds is 4. The smallest absolute Gasteiger partial charge is 0.248 e. The molecule has 0 spiro atoms. The quantitative estimate of drug-likeness (QED) is 0.551. The van der Waals surface area contributed by atoms with Crippen molar-refractivity contribution in [3.63, 3.8) is 0 Å². The minimum atomic E-state index is -0.313. The topological polar surface area (TPSA) is 72.2 Å². The lowest BCUT2D eigenvalue weighted by Gasteiger charge is -2.06. The number of aromatic nitrogens is 4. The lowest BCUT2D eigenvalue weighted by molar-refractivity contribution is -0.111. The van der Waals surface area contributed by atoms with Crippen molar-refractivity contribution in [2.45, 2.75) is 6.92 Å². The van der Waals surface area contributed by atoms with Gasteiger partial charge in [-0.2, -0.15) is 9.61 Å². The number of hydrogen-bond acceptors (Lipinski definition) is 4. The molecule has 1 amide bonds. The van der Waals surface area contributed by atoms with Crippen molar-refractivity contribution < 1.29 is 9.18 Å². The second-order valence-electron chi connectivity index (χ2n) is 6.19. The maximum absolute atomic E-state index is 12.9. The number of carbonyl (C=O) groups excluding carboxylic acids is 1. The van der Waals surface area contributed by atoms with Gasteiger partial charge in [-0.25, -0.2) is 4.39 Å². The number of benzene rings is 2. The molecular weight excluding hydrogens is 357 g/mol. The van der Waals surface area contributed by atoms with Crippen LogP contribution in [0, 0.1) is 12.7 Å². The molecule has 6 nitrogen and oxygen atoms in total. The zero-order chi connectivity index (χ0) is 19.5. The first-order valence-corrected chi connectivity index (χ1v) is 8.63. The first kappa shape index (κ1) is 17.5. The van der Waals surface area contributed by atoms with Crippen LogP contribution in [0.4, 0.5) is 10.1 Å². The number of fused-ring (bicyclic) bond motifs is 1. The molecule has 2 aromatic carbocycles. The van der Waals surface area contributed by atoms with Gasteiger partial charge < -0.3 is 5.32 Å². The van der Waals surface area contributed by atoms with Gasteiger partial charge in [0.15, 0.2) is 11.5 Å². The summed E-state index contributed by atoms with van der Waals surface area (Å²) in [5.74, 6) is 0.110.